The molecule has 0 unspecified atom stereocenters. The summed E-state index contributed by atoms with van der Waals surface area (Å²) < 4.78 is 45.4. The molecule has 0 atom stereocenters. The molecule has 0 fully saturated rings. The molecule has 3 aromatic rings. The predicted octanol–water partition coefficient (Wildman–Crippen LogP) is 3.63. The lowest BCUT2D eigenvalue weighted by molar-refractivity contribution is 0.446. The smallest absolute Gasteiger partial charge is 0.230 e. The number of halogens is 3. The van der Waals surface area contributed by atoms with Crippen molar-refractivity contribution in [1.29, 1.82) is 0 Å². The summed E-state index contributed by atoms with van der Waals surface area (Å²) in [5.41, 5.74) is 1.76. The number of nitrogens with zero attached hydrogens (tertiary/aromatic N) is 1. The Morgan fingerprint density at radius 3 is 2.67 bits per heavy atom. The minimum absolute atomic E-state index is 0.0805. The van der Waals surface area contributed by atoms with Crippen molar-refractivity contribution in [2.24, 2.45) is 0 Å². The van der Waals surface area contributed by atoms with E-state index in [0.717, 1.165) is 17.7 Å². The molecule has 2 aromatic carbocycles. The van der Waals surface area contributed by atoms with Crippen molar-refractivity contribution < 1.29 is 17.6 Å². The van der Waals surface area contributed by atoms with Gasteiger partial charge in [0.25, 0.3) is 0 Å². The molecule has 6 heteroatoms. The van der Waals surface area contributed by atoms with E-state index in [4.69, 9.17) is 4.42 Å². The lowest BCUT2D eigenvalue weighted by atomic mass is 10.2. The van der Waals surface area contributed by atoms with Gasteiger partial charge in [0.15, 0.2) is 23.0 Å². The molecule has 3 nitrogen and oxygen atoms in total. The van der Waals surface area contributed by atoms with E-state index in [1.807, 2.05) is 13.1 Å². The highest BCUT2D eigenvalue weighted by atomic mass is 19.2. The van der Waals surface area contributed by atoms with Crippen LogP contribution in [0.15, 0.2) is 34.7 Å². The molecule has 108 valence electrons. The summed E-state index contributed by atoms with van der Waals surface area (Å²) in [7, 11) is 1.81. The maximum atomic E-state index is 13.8. The molecule has 0 saturated carbocycles. The summed E-state index contributed by atoms with van der Waals surface area (Å²) in [6.45, 7) is 0.650. The summed E-state index contributed by atoms with van der Waals surface area (Å²) in [6.07, 6.45) is 0. The highest BCUT2D eigenvalue weighted by molar-refractivity contribution is 5.77. The van der Waals surface area contributed by atoms with Crippen molar-refractivity contribution in [2.75, 3.05) is 7.05 Å². The number of nitrogens with one attached hydrogen (secondary N) is 1. The molecular weight excluding hydrogens is 281 g/mol. The molecule has 0 aliphatic rings. The first-order valence-corrected chi connectivity index (χ1v) is 6.28. The zero-order valence-corrected chi connectivity index (χ0v) is 11.1. The van der Waals surface area contributed by atoms with Crippen LogP contribution in [0.3, 0.4) is 0 Å². The molecule has 1 N–H and O–H groups in total. The van der Waals surface area contributed by atoms with Crippen LogP contribution in [-0.4, -0.2) is 12.0 Å². The normalized spacial score (nSPS) is 11.2. The quantitative estimate of drug-likeness (QED) is 0.749. The number of rotatable bonds is 3. The summed E-state index contributed by atoms with van der Waals surface area (Å²) in [4.78, 5) is 4.13. The minimum atomic E-state index is -1.54. The van der Waals surface area contributed by atoms with Crippen LogP contribution in [0.25, 0.3) is 22.6 Å². The van der Waals surface area contributed by atoms with Gasteiger partial charge >= 0.3 is 0 Å². The monoisotopic (exact) mass is 292 g/mol. The van der Waals surface area contributed by atoms with Gasteiger partial charge in [0.2, 0.25) is 5.89 Å². The maximum Gasteiger partial charge on any atom is 0.230 e. The van der Waals surface area contributed by atoms with E-state index in [1.54, 1.807) is 12.1 Å². The summed E-state index contributed by atoms with van der Waals surface area (Å²) in [6, 6.07) is 7.28. The third-order valence-electron chi connectivity index (χ3n) is 3.10. The molecule has 0 spiro atoms. The largest absolute Gasteiger partial charge is 0.436 e. The molecule has 0 aliphatic carbocycles. The van der Waals surface area contributed by atoms with Crippen molar-refractivity contribution in [3.63, 3.8) is 0 Å². The van der Waals surface area contributed by atoms with Gasteiger partial charge in [-0.3, -0.25) is 0 Å². The third kappa shape index (κ3) is 2.38. The summed E-state index contributed by atoms with van der Waals surface area (Å²) in [5.74, 6) is -4.17. The van der Waals surface area contributed by atoms with Gasteiger partial charge in [-0.25, -0.2) is 18.2 Å². The topological polar surface area (TPSA) is 38.1 Å². The zero-order valence-electron chi connectivity index (χ0n) is 11.1. The highest BCUT2D eigenvalue weighted by Crippen LogP contribution is 2.28. The molecule has 21 heavy (non-hydrogen) atoms. The van der Waals surface area contributed by atoms with Crippen LogP contribution in [0.2, 0.25) is 0 Å². The average Bonchev–Trinajstić information content (AvgIpc) is 2.88. The number of fused-ring (bicyclic) bond motifs is 1. The second-order valence-corrected chi connectivity index (χ2v) is 4.57. The van der Waals surface area contributed by atoms with E-state index < -0.39 is 17.5 Å². The number of benzene rings is 2. The van der Waals surface area contributed by atoms with Crippen LogP contribution in [0.1, 0.15) is 5.56 Å². The highest BCUT2D eigenvalue weighted by Gasteiger charge is 2.18. The SMILES string of the molecule is CNCc1ccc2oc(-c3ccc(F)c(F)c3F)nc2c1. The number of hydrogen-bond donors (Lipinski definition) is 1. The molecule has 0 radical (unpaired) electrons. The second kappa shape index (κ2) is 5.21. The Labute approximate surface area is 118 Å². The first kappa shape index (κ1) is 13.6. The molecule has 0 bridgehead atoms. The van der Waals surface area contributed by atoms with Gasteiger partial charge in [0, 0.05) is 6.54 Å². The molecule has 3 rings (SSSR count). The standard InChI is InChI=1S/C15H11F3N2O/c1-19-7-8-2-5-12-11(6-8)20-15(21-12)9-3-4-10(16)14(18)13(9)17/h2-6,19H,7H2,1H3. The molecule has 0 aliphatic heterocycles. The Bertz CT molecular complexity index is 814. The van der Waals surface area contributed by atoms with Crippen molar-refractivity contribution in [2.45, 2.75) is 6.54 Å². The van der Waals surface area contributed by atoms with E-state index in [9.17, 15) is 13.2 Å². The summed E-state index contributed by atoms with van der Waals surface area (Å²) >= 11 is 0. The van der Waals surface area contributed by atoms with Gasteiger partial charge in [-0.15, -0.1) is 0 Å². The minimum Gasteiger partial charge on any atom is -0.436 e. The van der Waals surface area contributed by atoms with E-state index in [2.05, 4.69) is 10.3 Å². The van der Waals surface area contributed by atoms with Crippen LogP contribution in [0.4, 0.5) is 13.2 Å². The number of aromatic nitrogens is 1. The lowest BCUT2D eigenvalue weighted by Gasteiger charge is -1.99. The molecule has 1 heterocycles. The van der Waals surface area contributed by atoms with Gasteiger partial charge < -0.3 is 9.73 Å². The molecule has 0 amide bonds. The van der Waals surface area contributed by atoms with E-state index in [0.29, 0.717) is 17.6 Å². The summed E-state index contributed by atoms with van der Waals surface area (Å²) in [5, 5.41) is 3.00. The molecule has 1 aromatic heterocycles. The number of hydrogen-bond acceptors (Lipinski definition) is 3. The van der Waals surface area contributed by atoms with Crippen molar-refractivity contribution >= 4 is 11.1 Å². The second-order valence-electron chi connectivity index (χ2n) is 4.57. The van der Waals surface area contributed by atoms with Crippen molar-refractivity contribution in [1.82, 2.24) is 10.3 Å². The van der Waals surface area contributed by atoms with Gasteiger partial charge in [0.05, 0.1) is 5.56 Å². The third-order valence-corrected chi connectivity index (χ3v) is 3.10. The first-order valence-electron chi connectivity index (χ1n) is 6.28. The van der Waals surface area contributed by atoms with Crippen LogP contribution in [0, 0.1) is 17.5 Å². The van der Waals surface area contributed by atoms with E-state index >= 15 is 0 Å². The van der Waals surface area contributed by atoms with Crippen LogP contribution in [0.5, 0.6) is 0 Å². The Morgan fingerprint density at radius 1 is 1.10 bits per heavy atom. The fraction of sp³-hybridized carbons (Fsp3) is 0.133. The van der Waals surface area contributed by atoms with Crippen LogP contribution in [-0.2, 0) is 6.54 Å². The fourth-order valence-electron chi connectivity index (χ4n) is 2.09. The maximum absolute atomic E-state index is 13.8. The molecule has 0 saturated heterocycles. The zero-order chi connectivity index (χ0) is 15.0. The van der Waals surface area contributed by atoms with Crippen LogP contribution < -0.4 is 5.32 Å². The lowest BCUT2D eigenvalue weighted by Crippen LogP contribution is -2.04. The Hall–Kier alpha value is -2.34. The van der Waals surface area contributed by atoms with E-state index in [1.165, 1.54) is 0 Å². The van der Waals surface area contributed by atoms with Gasteiger partial charge in [0.1, 0.15) is 5.52 Å². The Kier molecular flexibility index (Phi) is 3.39. The van der Waals surface area contributed by atoms with Gasteiger partial charge in [-0.2, -0.15) is 0 Å². The average molecular weight is 292 g/mol. The van der Waals surface area contributed by atoms with Gasteiger partial charge in [-0.1, -0.05) is 6.07 Å². The van der Waals surface area contributed by atoms with E-state index in [-0.39, 0.29) is 11.5 Å². The van der Waals surface area contributed by atoms with Crippen molar-refractivity contribution in [3.05, 3.63) is 53.3 Å². The fourth-order valence-corrected chi connectivity index (χ4v) is 2.09. The first-order chi connectivity index (χ1) is 10.1. The molecular formula is C15H11F3N2O. The Balaban J connectivity index is 2.11. The van der Waals surface area contributed by atoms with Gasteiger partial charge in [-0.05, 0) is 36.9 Å². The Morgan fingerprint density at radius 2 is 1.90 bits per heavy atom. The van der Waals surface area contributed by atoms with Crippen molar-refractivity contribution in [3.8, 4) is 11.5 Å². The van der Waals surface area contributed by atoms with Crippen LogP contribution >= 0.6 is 0 Å². The predicted molar refractivity (Wildman–Crippen MR) is 72.1 cm³/mol. The number of oxazole rings is 1.